The fourth-order valence-electron chi connectivity index (χ4n) is 3.21. The van der Waals surface area contributed by atoms with Crippen molar-refractivity contribution in [3.05, 3.63) is 29.3 Å². The van der Waals surface area contributed by atoms with Gasteiger partial charge in [-0.25, -0.2) is 13.1 Å². The molecule has 0 unspecified atom stereocenters. The summed E-state index contributed by atoms with van der Waals surface area (Å²) in [5.41, 5.74) is 1.15. The predicted octanol–water partition coefficient (Wildman–Crippen LogP) is 1.03. The molecular formula is C18H25N3O4S. The predicted molar refractivity (Wildman–Crippen MR) is 97.2 cm³/mol. The monoisotopic (exact) mass is 379 g/mol. The molecule has 1 aromatic rings. The van der Waals surface area contributed by atoms with Crippen LogP contribution in [0.4, 0.5) is 0 Å². The molecule has 0 radical (unpaired) electrons. The van der Waals surface area contributed by atoms with E-state index < -0.39 is 10.0 Å². The van der Waals surface area contributed by atoms with Crippen molar-refractivity contribution in [1.82, 2.24) is 14.9 Å². The number of nitrogens with one attached hydrogen (secondary N) is 2. The van der Waals surface area contributed by atoms with Crippen molar-refractivity contribution in [2.75, 3.05) is 20.1 Å². The second kappa shape index (κ2) is 7.36. The van der Waals surface area contributed by atoms with Gasteiger partial charge in [0, 0.05) is 37.7 Å². The Morgan fingerprint density at radius 3 is 2.35 bits per heavy atom. The minimum absolute atomic E-state index is 0.00696. The SMILES string of the molecule is CNC(=O)C1CCN(C(=O)c2cc(S(=O)(=O)NC3CC3)ccc2C)CC1. The Kier molecular flexibility index (Phi) is 5.34. The maximum Gasteiger partial charge on any atom is 0.254 e. The lowest BCUT2D eigenvalue weighted by atomic mass is 9.95. The number of rotatable bonds is 5. The summed E-state index contributed by atoms with van der Waals surface area (Å²) < 4.78 is 27.5. The highest BCUT2D eigenvalue weighted by Gasteiger charge is 2.30. The van der Waals surface area contributed by atoms with Crippen molar-refractivity contribution < 1.29 is 18.0 Å². The third kappa shape index (κ3) is 4.07. The van der Waals surface area contributed by atoms with E-state index in [4.69, 9.17) is 0 Å². The van der Waals surface area contributed by atoms with Gasteiger partial charge in [0.1, 0.15) is 0 Å². The number of carbonyl (C=O) groups is 2. The topological polar surface area (TPSA) is 95.6 Å². The first-order valence-electron chi connectivity index (χ1n) is 8.95. The van der Waals surface area contributed by atoms with E-state index in [1.165, 1.54) is 12.1 Å². The molecule has 1 aromatic carbocycles. The van der Waals surface area contributed by atoms with Crippen LogP contribution in [0.25, 0.3) is 0 Å². The molecule has 8 heteroatoms. The highest BCUT2D eigenvalue weighted by atomic mass is 32.2. The second-order valence-electron chi connectivity index (χ2n) is 7.05. The quantitative estimate of drug-likeness (QED) is 0.799. The molecule has 0 bridgehead atoms. The lowest BCUT2D eigenvalue weighted by Crippen LogP contribution is -2.42. The number of sulfonamides is 1. The first-order valence-corrected chi connectivity index (χ1v) is 10.4. The highest BCUT2D eigenvalue weighted by molar-refractivity contribution is 7.89. The zero-order valence-electron chi connectivity index (χ0n) is 15.1. The maximum absolute atomic E-state index is 12.9. The van der Waals surface area contributed by atoms with Gasteiger partial charge in [0.25, 0.3) is 5.91 Å². The zero-order chi connectivity index (χ0) is 18.9. The molecule has 0 atom stereocenters. The van der Waals surface area contributed by atoms with Gasteiger partial charge in [-0.3, -0.25) is 9.59 Å². The summed E-state index contributed by atoms with van der Waals surface area (Å²) in [6, 6.07) is 4.69. The number of nitrogens with zero attached hydrogens (tertiary/aromatic N) is 1. The molecule has 1 aliphatic heterocycles. The Balaban J connectivity index is 1.75. The third-order valence-electron chi connectivity index (χ3n) is 5.05. The van der Waals surface area contributed by atoms with Gasteiger partial charge in [-0.2, -0.15) is 0 Å². The molecule has 2 fully saturated rings. The van der Waals surface area contributed by atoms with Crippen LogP contribution in [0.15, 0.2) is 23.1 Å². The van der Waals surface area contributed by atoms with E-state index in [2.05, 4.69) is 10.0 Å². The van der Waals surface area contributed by atoms with Gasteiger partial charge in [-0.15, -0.1) is 0 Å². The molecule has 26 heavy (non-hydrogen) atoms. The second-order valence-corrected chi connectivity index (χ2v) is 8.77. The molecular weight excluding hydrogens is 354 g/mol. The molecule has 1 heterocycles. The van der Waals surface area contributed by atoms with E-state index in [-0.39, 0.29) is 28.7 Å². The summed E-state index contributed by atoms with van der Waals surface area (Å²) in [6.07, 6.45) is 2.95. The van der Waals surface area contributed by atoms with Gasteiger partial charge >= 0.3 is 0 Å². The molecule has 7 nitrogen and oxygen atoms in total. The molecule has 1 saturated heterocycles. The number of hydrogen-bond acceptors (Lipinski definition) is 4. The maximum atomic E-state index is 12.9. The molecule has 3 rings (SSSR count). The number of hydrogen-bond donors (Lipinski definition) is 2. The summed E-state index contributed by atoms with van der Waals surface area (Å²) in [6.45, 7) is 2.79. The number of amides is 2. The van der Waals surface area contributed by atoms with Crippen LogP contribution in [0.1, 0.15) is 41.6 Å². The van der Waals surface area contributed by atoms with Crippen molar-refractivity contribution in [2.45, 2.75) is 43.5 Å². The normalized spacial score (nSPS) is 18.6. The van der Waals surface area contributed by atoms with Gasteiger partial charge in [-0.05, 0) is 50.3 Å². The van der Waals surface area contributed by atoms with Crippen LogP contribution >= 0.6 is 0 Å². The van der Waals surface area contributed by atoms with Crippen molar-refractivity contribution in [1.29, 1.82) is 0 Å². The Bertz CT molecular complexity index is 810. The first kappa shape index (κ1) is 18.8. The fraction of sp³-hybridized carbons (Fsp3) is 0.556. The Morgan fingerprint density at radius 1 is 1.12 bits per heavy atom. The highest BCUT2D eigenvalue weighted by Crippen LogP contribution is 2.25. The van der Waals surface area contributed by atoms with Crippen LogP contribution in [-0.2, 0) is 14.8 Å². The summed E-state index contributed by atoms with van der Waals surface area (Å²) in [7, 11) is -1.98. The molecule has 0 spiro atoms. The Morgan fingerprint density at radius 2 is 1.77 bits per heavy atom. The number of piperidine rings is 1. The van der Waals surface area contributed by atoms with Crippen molar-refractivity contribution in [2.24, 2.45) is 5.92 Å². The molecule has 1 saturated carbocycles. The van der Waals surface area contributed by atoms with E-state index in [0.29, 0.717) is 31.5 Å². The minimum atomic E-state index is -3.60. The van der Waals surface area contributed by atoms with Crippen LogP contribution < -0.4 is 10.0 Å². The lowest BCUT2D eigenvalue weighted by molar-refractivity contribution is -0.125. The lowest BCUT2D eigenvalue weighted by Gasteiger charge is -2.31. The van der Waals surface area contributed by atoms with Gasteiger partial charge in [0.15, 0.2) is 0 Å². The van der Waals surface area contributed by atoms with E-state index in [0.717, 1.165) is 18.4 Å². The van der Waals surface area contributed by atoms with Gasteiger partial charge in [0.05, 0.1) is 4.90 Å². The van der Waals surface area contributed by atoms with E-state index >= 15 is 0 Å². The van der Waals surface area contributed by atoms with Crippen LogP contribution in [0, 0.1) is 12.8 Å². The van der Waals surface area contributed by atoms with Crippen LogP contribution in [-0.4, -0.2) is 51.3 Å². The molecule has 2 N–H and O–H groups in total. The zero-order valence-corrected chi connectivity index (χ0v) is 15.9. The van der Waals surface area contributed by atoms with Crippen molar-refractivity contribution in [3.63, 3.8) is 0 Å². The molecule has 0 aromatic heterocycles. The third-order valence-corrected chi connectivity index (χ3v) is 6.57. The van der Waals surface area contributed by atoms with Crippen LogP contribution in [0.2, 0.25) is 0 Å². The molecule has 2 aliphatic rings. The molecule has 142 valence electrons. The summed E-state index contributed by atoms with van der Waals surface area (Å²) in [4.78, 5) is 26.4. The summed E-state index contributed by atoms with van der Waals surface area (Å²) in [5, 5.41) is 2.65. The Labute approximate surface area is 154 Å². The van der Waals surface area contributed by atoms with Crippen LogP contribution in [0.3, 0.4) is 0 Å². The Hall–Kier alpha value is -1.93. The van der Waals surface area contributed by atoms with Gasteiger partial charge in [0.2, 0.25) is 15.9 Å². The van der Waals surface area contributed by atoms with Gasteiger partial charge in [-0.1, -0.05) is 6.07 Å². The number of carbonyl (C=O) groups excluding carboxylic acids is 2. The van der Waals surface area contributed by atoms with E-state index in [9.17, 15) is 18.0 Å². The average Bonchev–Trinajstić information content (AvgIpc) is 3.44. The fourth-order valence-corrected chi connectivity index (χ4v) is 4.54. The standard InChI is InChI=1S/C18H25N3O4S/c1-12-3-6-15(26(24,25)20-14-4-5-14)11-16(12)18(23)21-9-7-13(8-10-21)17(22)19-2/h3,6,11,13-14,20H,4-5,7-10H2,1-2H3,(H,19,22). The number of benzene rings is 1. The van der Waals surface area contributed by atoms with Crippen molar-refractivity contribution in [3.8, 4) is 0 Å². The smallest absolute Gasteiger partial charge is 0.254 e. The largest absolute Gasteiger partial charge is 0.359 e. The van der Waals surface area contributed by atoms with Gasteiger partial charge < -0.3 is 10.2 Å². The molecule has 2 amide bonds. The molecule has 1 aliphatic carbocycles. The first-order chi connectivity index (χ1) is 12.3. The minimum Gasteiger partial charge on any atom is -0.359 e. The van der Waals surface area contributed by atoms with Crippen molar-refractivity contribution >= 4 is 21.8 Å². The van der Waals surface area contributed by atoms with E-state index in [1.807, 2.05) is 0 Å². The number of aryl methyl sites for hydroxylation is 1. The summed E-state index contributed by atoms with van der Waals surface area (Å²) >= 11 is 0. The van der Waals surface area contributed by atoms with E-state index in [1.54, 1.807) is 24.9 Å². The summed E-state index contributed by atoms with van der Waals surface area (Å²) in [5.74, 6) is -0.242. The van der Waals surface area contributed by atoms with Crippen LogP contribution in [0.5, 0.6) is 0 Å². The average molecular weight is 379 g/mol. The number of likely N-dealkylation sites (tertiary alicyclic amines) is 1.